The highest BCUT2D eigenvalue weighted by Gasteiger charge is 2.14. The van der Waals surface area contributed by atoms with Crippen LogP contribution < -0.4 is 10.6 Å². The van der Waals surface area contributed by atoms with Crippen molar-refractivity contribution in [2.24, 2.45) is 5.92 Å². The summed E-state index contributed by atoms with van der Waals surface area (Å²) in [4.78, 5) is 11.9. The first-order valence-electron chi connectivity index (χ1n) is 9.52. The van der Waals surface area contributed by atoms with Gasteiger partial charge in [-0.15, -0.1) is 12.4 Å². The smallest absolute Gasteiger partial charge is 0.220 e. The van der Waals surface area contributed by atoms with Crippen molar-refractivity contribution in [2.75, 3.05) is 19.6 Å². The number of aryl methyl sites for hydroxylation is 1. The average molecular weight is 367 g/mol. The summed E-state index contributed by atoms with van der Waals surface area (Å²) < 4.78 is 0. The van der Waals surface area contributed by atoms with Gasteiger partial charge in [-0.1, -0.05) is 45.0 Å². The van der Waals surface area contributed by atoms with Crippen molar-refractivity contribution in [3.05, 3.63) is 35.4 Å². The highest BCUT2D eigenvalue weighted by molar-refractivity contribution is 5.85. The van der Waals surface area contributed by atoms with Crippen LogP contribution in [0.3, 0.4) is 0 Å². The molecule has 142 valence electrons. The molecule has 1 aromatic rings. The van der Waals surface area contributed by atoms with E-state index < -0.39 is 0 Å². The number of halogens is 1. The van der Waals surface area contributed by atoms with E-state index in [2.05, 4.69) is 55.7 Å². The van der Waals surface area contributed by atoms with Gasteiger partial charge in [-0.2, -0.15) is 0 Å². The number of piperidine rings is 1. The minimum atomic E-state index is 0. The van der Waals surface area contributed by atoms with E-state index in [1.807, 2.05) is 0 Å². The number of nitrogens with one attached hydrogen (secondary N) is 2. The van der Waals surface area contributed by atoms with Crippen molar-refractivity contribution in [1.29, 1.82) is 0 Å². The number of rotatable bonds is 7. The highest BCUT2D eigenvalue weighted by atomic mass is 35.5. The zero-order valence-corrected chi connectivity index (χ0v) is 16.9. The largest absolute Gasteiger partial charge is 0.356 e. The Balaban J connectivity index is 0.00000312. The van der Waals surface area contributed by atoms with Gasteiger partial charge in [-0.05, 0) is 67.7 Å². The molecule has 4 heteroatoms. The van der Waals surface area contributed by atoms with Gasteiger partial charge in [-0.3, -0.25) is 4.79 Å². The number of unbranched alkanes of at least 4 members (excludes halogenated alkanes) is 1. The lowest BCUT2D eigenvalue weighted by Gasteiger charge is -2.22. The molecule has 1 heterocycles. The fourth-order valence-electron chi connectivity index (χ4n) is 3.23. The summed E-state index contributed by atoms with van der Waals surface area (Å²) in [5.74, 6) is 0.827. The summed E-state index contributed by atoms with van der Waals surface area (Å²) in [6, 6.07) is 8.94. The highest BCUT2D eigenvalue weighted by Crippen LogP contribution is 2.22. The van der Waals surface area contributed by atoms with Crippen LogP contribution in [0.4, 0.5) is 0 Å². The van der Waals surface area contributed by atoms with Crippen LogP contribution in [0.5, 0.6) is 0 Å². The number of carbonyl (C=O) groups excluding carboxylic acids is 1. The molecule has 1 saturated heterocycles. The summed E-state index contributed by atoms with van der Waals surface area (Å²) in [5.41, 5.74) is 2.96. The van der Waals surface area contributed by atoms with Gasteiger partial charge in [-0.25, -0.2) is 0 Å². The number of benzene rings is 1. The van der Waals surface area contributed by atoms with E-state index in [4.69, 9.17) is 0 Å². The van der Waals surface area contributed by atoms with E-state index in [9.17, 15) is 4.79 Å². The normalized spacial score (nSPS) is 17.6. The van der Waals surface area contributed by atoms with Crippen LogP contribution in [0, 0.1) is 5.92 Å². The summed E-state index contributed by atoms with van der Waals surface area (Å²) in [6.45, 7) is 9.73. The van der Waals surface area contributed by atoms with Gasteiger partial charge in [0.15, 0.2) is 0 Å². The molecule has 1 unspecified atom stereocenters. The van der Waals surface area contributed by atoms with Gasteiger partial charge < -0.3 is 10.6 Å². The number of hydrogen-bond donors (Lipinski definition) is 2. The topological polar surface area (TPSA) is 41.1 Å². The number of carbonyl (C=O) groups is 1. The standard InChI is InChI=1S/C21H34N2O.ClH/c1-21(2,3)19-12-10-17(11-13-19)7-4-5-9-20(24)23-16-18-8-6-14-22-15-18;/h10-13,18,22H,4-9,14-16H2,1-3H3,(H,23,24);1H. The Morgan fingerprint density at radius 3 is 2.52 bits per heavy atom. The Bertz CT molecular complexity index is 502. The van der Waals surface area contributed by atoms with Crippen molar-refractivity contribution >= 4 is 18.3 Å². The molecule has 2 rings (SSSR count). The van der Waals surface area contributed by atoms with E-state index in [1.165, 1.54) is 24.0 Å². The third-order valence-corrected chi connectivity index (χ3v) is 4.93. The maximum absolute atomic E-state index is 11.9. The van der Waals surface area contributed by atoms with Gasteiger partial charge in [0.25, 0.3) is 0 Å². The maximum Gasteiger partial charge on any atom is 0.220 e. The van der Waals surface area contributed by atoms with Crippen molar-refractivity contribution in [1.82, 2.24) is 10.6 Å². The fraction of sp³-hybridized carbons (Fsp3) is 0.667. The molecule has 0 bridgehead atoms. The molecule has 1 aliphatic heterocycles. The molecule has 1 aliphatic rings. The third kappa shape index (κ3) is 8.24. The third-order valence-electron chi connectivity index (χ3n) is 4.93. The molecule has 2 N–H and O–H groups in total. The quantitative estimate of drug-likeness (QED) is 0.709. The molecule has 0 saturated carbocycles. The van der Waals surface area contributed by atoms with Crippen LogP contribution in [-0.2, 0) is 16.6 Å². The molecule has 0 spiro atoms. The lowest BCUT2D eigenvalue weighted by Crippen LogP contribution is -2.38. The first kappa shape index (κ1) is 22.0. The molecule has 3 nitrogen and oxygen atoms in total. The monoisotopic (exact) mass is 366 g/mol. The van der Waals surface area contributed by atoms with Crippen LogP contribution in [0.25, 0.3) is 0 Å². The SMILES string of the molecule is CC(C)(C)c1ccc(CCCCC(=O)NCC2CCCNC2)cc1.Cl. The fourth-order valence-corrected chi connectivity index (χ4v) is 3.23. The molecule has 0 aromatic heterocycles. The molecule has 1 aromatic carbocycles. The van der Waals surface area contributed by atoms with Crippen molar-refractivity contribution in [3.8, 4) is 0 Å². The molecule has 0 aliphatic carbocycles. The van der Waals surface area contributed by atoms with Crippen LogP contribution in [0.2, 0.25) is 0 Å². The van der Waals surface area contributed by atoms with E-state index >= 15 is 0 Å². The Labute approximate surface area is 159 Å². The Kier molecular flexibility index (Phi) is 9.52. The van der Waals surface area contributed by atoms with E-state index in [-0.39, 0.29) is 23.7 Å². The number of amides is 1. The van der Waals surface area contributed by atoms with Crippen molar-refractivity contribution in [2.45, 2.75) is 64.7 Å². The van der Waals surface area contributed by atoms with E-state index in [0.717, 1.165) is 38.9 Å². The van der Waals surface area contributed by atoms with Crippen LogP contribution in [0.1, 0.15) is 64.0 Å². The predicted octanol–water partition coefficient (Wildman–Crippen LogP) is 4.23. The minimum absolute atomic E-state index is 0. The Morgan fingerprint density at radius 2 is 1.92 bits per heavy atom. The van der Waals surface area contributed by atoms with Crippen LogP contribution >= 0.6 is 12.4 Å². The van der Waals surface area contributed by atoms with Gasteiger partial charge in [0.1, 0.15) is 0 Å². The molecule has 0 radical (unpaired) electrons. The summed E-state index contributed by atoms with van der Waals surface area (Å²) in [6.07, 6.45) is 6.22. The second kappa shape index (κ2) is 10.8. The number of hydrogen-bond acceptors (Lipinski definition) is 2. The zero-order valence-electron chi connectivity index (χ0n) is 16.1. The second-order valence-corrected chi connectivity index (χ2v) is 8.17. The Hall–Kier alpha value is -1.06. The summed E-state index contributed by atoms with van der Waals surface area (Å²) in [7, 11) is 0. The van der Waals surface area contributed by atoms with Gasteiger partial charge in [0.05, 0.1) is 0 Å². The molecular weight excluding hydrogens is 332 g/mol. The lowest BCUT2D eigenvalue weighted by molar-refractivity contribution is -0.121. The molecule has 1 atom stereocenters. The van der Waals surface area contributed by atoms with Crippen molar-refractivity contribution < 1.29 is 4.79 Å². The van der Waals surface area contributed by atoms with E-state index in [1.54, 1.807) is 0 Å². The molecular formula is C21H35ClN2O. The maximum atomic E-state index is 11.9. The van der Waals surface area contributed by atoms with Crippen LogP contribution in [-0.4, -0.2) is 25.5 Å². The molecule has 1 fully saturated rings. The molecule has 1 amide bonds. The van der Waals surface area contributed by atoms with Gasteiger partial charge in [0, 0.05) is 13.0 Å². The van der Waals surface area contributed by atoms with Gasteiger partial charge in [0.2, 0.25) is 5.91 Å². The summed E-state index contributed by atoms with van der Waals surface area (Å²) >= 11 is 0. The first-order valence-corrected chi connectivity index (χ1v) is 9.52. The van der Waals surface area contributed by atoms with E-state index in [0.29, 0.717) is 12.3 Å². The minimum Gasteiger partial charge on any atom is -0.356 e. The van der Waals surface area contributed by atoms with Crippen LogP contribution in [0.15, 0.2) is 24.3 Å². The summed E-state index contributed by atoms with van der Waals surface area (Å²) in [5, 5.41) is 6.49. The Morgan fingerprint density at radius 1 is 1.20 bits per heavy atom. The van der Waals surface area contributed by atoms with Gasteiger partial charge >= 0.3 is 0 Å². The van der Waals surface area contributed by atoms with Crippen molar-refractivity contribution in [3.63, 3.8) is 0 Å². The first-order chi connectivity index (χ1) is 11.4. The lowest BCUT2D eigenvalue weighted by atomic mass is 9.86. The second-order valence-electron chi connectivity index (χ2n) is 8.17. The predicted molar refractivity (Wildman–Crippen MR) is 109 cm³/mol. The average Bonchev–Trinajstić information content (AvgIpc) is 2.57. The molecule has 25 heavy (non-hydrogen) atoms. The zero-order chi connectivity index (χ0) is 17.4.